The molecule has 3 rings (SSSR count). The lowest BCUT2D eigenvalue weighted by Gasteiger charge is -2.14. The van der Waals surface area contributed by atoms with Crippen molar-refractivity contribution in [2.45, 2.75) is 13.8 Å². The van der Waals surface area contributed by atoms with E-state index in [-0.39, 0.29) is 18.4 Å². The predicted octanol–water partition coefficient (Wildman–Crippen LogP) is 5.54. The molecule has 0 fully saturated rings. The van der Waals surface area contributed by atoms with Crippen molar-refractivity contribution in [1.29, 1.82) is 0 Å². The van der Waals surface area contributed by atoms with Crippen LogP contribution < -0.4 is 20.2 Å². The zero-order valence-electron chi connectivity index (χ0n) is 18.6. The van der Waals surface area contributed by atoms with Crippen LogP contribution >= 0.6 is 38.5 Å². The lowest BCUT2D eigenvalue weighted by atomic mass is 10.2. The van der Waals surface area contributed by atoms with Gasteiger partial charge in [-0.15, -0.1) is 0 Å². The van der Waals surface area contributed by atoms with Crippen LogP contribution in [0.25, 0.3) is 0 Å². The molecule has 0 aliphatic carbocycles. The predicted molar refractivity (Wildman–Crippen MR) is 145 cm³/mol. The number of hydrogen-bond donors (Lipinski definition) is 2. The number of anilines is 1. The van der Waals surface area contributed by atoms with Gasteiger partial charge in [-0.3, -0.25) is 9.59 Å². The van der Waals surface area contributed by atoms with Crippen molar-refractivity contribution in [2.24, 2.45) is 5.10 Å². The van der Waals surface area contributed by atoms with Crippen LogP contribution in [0.3, 0.4) is 0 Å². The molecule has 0 bridgehead atoms. The number of carbonyl (C=O) groups excluding carboxylic acids is 2. The molecule has 3 aromatic carbocycles. The normalized spacial score (nSPS) is 10.7. The Bertz CT molecular complexity index is 1200. The van der Waals surface area contributed by atoms with Crippen molar-refractivity contribution in [1.82, 2.24) is 5.43 Å². The van der Waals surface area contributed by atoms with Gasteiger partial charge in [0.2, 0.25) is 0 Å². The third-order valence-corrected chi connectivity index (χ3v) is 5.80. The molecular weight excluding hydrogens is 613 g/mol. The zero-order chi connectivity index (χ0) is 24.5. The van der Waals surface area contributed by atoms with E-state index in [1.807, 2.05) is 44.2 Å². The van der Waals surface area contributed by atoms with Crippen LogP contribution in [0.4, 0.5) is 5.69 Å². The number of aryl methyl sites for hydroxylation is 1. The molecule has 0 aliphatic rings. The van der Waals surface area contributed by atoms with E-state index in [2.05, 4.69) is 54.4 Å². The quantitative estimate of drug-likeness (QED) is 0.184. The number of hydrogen-bond acceptors (Lipinski definition) is 5. The first-order valence-electron chi connectivity index (χ1n) is 10.4. The van der Waals surface area contributed by atoms with E-state index in [0.29, 0.717) is 34.9 Å². The fraction of sp³-hybridized carbons (Fsp3) is 0.160. The molecular formula is C25H23BrIN3O4. The van der Waals surface area contributed by atoms with Gasteiger partial charge in [0.05, 0.1) is 16.4 Å². The summed E-state index contributed by atoms with van der Waals surface area (Å²) in [6.45, 7) is 4.07. The van der Waals surface area contributed by atoms with Crippen molar-refractivity contribution < 1.29 is 19.1 Å². The summed E-state index contributed by atoms with van der Waals surface area (Å²) in [6, 6.07) is 18.1. The average Bonchev–Trinajstić information content (AvgIpc) is 2.79. The molecule has 0 atom stereocenters. The van der Waals surface area contributed by atoms with E-state index in [1.165, 1.54) is 6.21 Å². The van der Waals surface area contributed by atoms with Gasteiger partial charge in [0, 0.05) is 15.7 Å². The van der Waals surface area contributed by atoms with Gasteiger partial charge in [0.25, 0.3) is 11.8 Å². The Morgan fingerprint density at radius 1 is 1.09 bits per heavy atom. The van der Waals surface area contributed by atoms with Gasteiger partial charge in [-0.1, -0.05) is 28.1 Å². The van der Waals surface area contributed by atoms with Crippen molar-refractivity contribution in [3.05, 3.63) is 85.4 Å². The average molecular weight is 636 g/mol. The monoisotopic (exact) mass is 635 g/mol. The second kappa shape index (κ2) is 12.5. The van der Waals surface area contributed by atoms with Gasteiger partial charge in [0.15, 0.2) is 18.1 Å². The third-order valence-electron chi connectivity index (χ3n) is 4.47. The molecule has 0 spiro atoms. The molecule has 0 aliphatic heterocycles. The number of hydrazone groups is 1. The van der Waals surface area contributed by atoms with Crippen molar-refractivity contribution in [2.75, 3.05) is 18.5 Å². The van der Waals surface area contributed by atoms with Gasteiger partial charge < -0.3 is 14.8 Å². The molecule has 3 aromatic rings. The number of benzene rings is 3. The summed E-state index contributed by atoms with van der Waals surface area (Å²) in [5, 5.41) is 6.86. The number of carbonyl (C=O) groups is 2. The minimum Gasteiger partial charge on any atom is -0.490 e. The number of rotatable bonds is 9. The molecule has 0 saturated carbocycles. The first kappa shape index (κ1) is 25.7. The zero-order valence-corrected chi connectivity index (χ0v) is 22.3. The van der Waals surface area contributed by atoms with E-state index < -0.39 is 0 Å². The van der Waals surface area contributed by atoms with Gasteiger partial charge in [-0.05, 0) is 96.1 Å². The second-order valence-corrected chi connectivity index (χ2v) is 9.25. The smallest absolute Gasteiger partial charge is 0.271 e. The Labute approximate surface area is 220 Å². The molecule has 0 radical (unpaired) electrons. The maximum Gasteiger partial charge on any atom is 0.271 e. The van der Waals surface area contributed by atoms with Crippen LogP contribution in [0.15, 0.2) is 70.2 Å². The molecule has 7 nitrogen and oxygen atoms in total. The van der Waals surface area contributed by atoms with Gasteiger partial charge >= 0.3 is 0 Å². The van der Waals surface area contributed by atoms with Gasteiger partial charge in [-0.2, -0.15) is 5.10 Å². The van der Waals surface area contributed by atoms with Crippen molar-refractivity contribution in [3.63, 3.8) is 0 Å². The Balaban J connectivity index is 1.65. The summed E-state index contributed by atoms with van der Waals surface area (Å²) in [5.74, 6) is 0.365. The minimum absolute atomic E-state index is 0.166. The summed E-state index contributed by atoms with van der Waals surface area (Å²) < 4.78 is 13.1. The molecule has 9 heteroatoms. The van der Waals surface area contributed by atoms with Crippen LogP contribution in [0.2, 0.25) is 0 Å². The van der Waals surface area contributed by atoms with Crippen molar-refractivity contribution >= 4 is 62.2 Å². The van der Waals surface area contributed by atoms with Gasteiger partial charge in [0.1, 0.15) is 0 Å². The van der Waals surface area contributed by atoms with Crippen LogP contribution in [-0.2, 0) is 4.79 Å². The molecule has 0 aromatic heterocycles. The fourth-order valence-corrected chi connectivity index (χ4v) is 4.00. The standard InChI is InChI=1S/C25H23BrIN3O4/c1-3-33-22-13-17(14-28-30-25(32)18-7-9-19(26)10-8-18)12-21(27)24(22)34-15-23(31)29-20-6-4-5-16(2)11-20/h4-14H,3,15H2,1-2H3,(H,29,31)(H,30,32)/b28-14+. The summed E-state index contributed by atoms with van der Waals surface area (Å²) in [6.07, 6.45) is 1.52. The van der Waals surface area contributed by atoms with E-state index in [1.54, 1.807) is 30.3 Å². The molecule has 34 heavy (non-hydrogen) atoms. The molecule has 0 unspecified atom stereocenters. The Morgan fingerprint density at radius 3 is 2.56 bits per heavy atom. The fourth-order valence-electron chi connectivity index (χ4n) is 2.95. The summed E-state index contributed by atoms with van der Waals surface area (Å²) >= 11 is 5.45. The summed E-state index contributed by atoms with van der Waals surface area (Å²) in [4.78, 5) is 24.6. The highest BCUT2D eigenvalue weighted by Gasteiger charge is 2.14. The van der Waals surface area contributed by atoms with E-state index >= 15 is 0 Å². The van der Waals surface area contributed by atoms with Crippen LogP contribution in [0.1, 0.15) is 28.4 Å². The Hall–Kier alpha value is -2.92. The summed E-state index contributed by atoms with van der Waals surface area (Å²) in [7, 11) is 0. The van der Waals surface area contributed by atoms with Gasteiger partial charge in [-0.25, -0.2) is 5.43 Å². The molecule has 2 N–H and O–H groups in total. The number of ether oxygens (including phenoxy) is 2. The van der Waals surface area contributed by atoms with E-state index in [0.717, 1.165) is 13.6 Å². The Kier molecular flexibility index (Phi) is 9.46. The number of nitrogens with zero attached hydrogens (tertiary/aromatic N) is 1. The van der Waals surface area contributed by atoms with E-state index in [9.17, 15) is 9.59 Å². The first-order chi connectivity index (χ1) is 16.4. The SMILES string of the molecule is CCOc1cc(/C=N/NC(=O)c2ccc(Br)cc2)cc(I)c1OCC(=O)Nc1cccc(C)c1. The highest BCUT2D eigenvalue weighted by Crippen LogP contribution is 2.34. The highest BCUT2D eigenvalue weighted by molar-refractivity contribution is 14.1. The topological polar surface area (TPSA) is 89.0 Å². The lowest BCUT2D eigenvalue weighted by molar-refractivity contribution is -0.118. The number of halogens is 2. The first-order valence-corrected chi connectivity index (χ1v) is 12.3. The van der Waals surface area contributed by atoms with Crippen LogP contribution in [-0.4, -0.2) is 31.2 Å². The maximum absolute atomic E-state index is 12.3. The largest absolute Gasteiger partial charge is 0.490 e. The van der Waals surface area contributed by atoms with Crippen LogP contribution in [0.5, 0.6) is 11.5 Å². The molecule has 0 saturated heterocycles. The number of amides is 2. The molecule has 0 heterocycles. The maximum atomic E-state index is 12.3. The third kappa shape index (κ3) is 7.56. The van der Waals surface area contributed by atoms with Crippen molar-refractivity contribution in [3.8, 4) is 11.5 Å². The summed E-state index contributed by atoms with van der Waals surface area (Å²) in [5.41, 5.74) is 5.48. The van der Waals surface area contributed by atoms with E-state index in [4.69, 9.17) is 9.47 Å². The molecule has 176 valence electrons. The Morgan fingerprint density at radius 2 is 1.85 bits per heavy atom. The van der Waals surface area contributed by atoms with Crippen LogP contribution in [0, 0.1) is 10.5 Å². The second-order valence-electron chi connectivity index (χ2n) is 7.18. The minimum atomic E-state index is -0.317. The highest BCUT2D eigenvalue weighted by atomic mass is 127. The lowest BCUT2D eigenvalue weighted by Crippen LogP contribution is -2.20. The molecule has 2 amide bonds. The number of nitrogens with one attached hydrogen (secondary N) is 2.